The molecule has 0 aliphatic carbocycles. The third-order valence-corrected chi connectivity index (χ3v) is 4.63. The van der Waals surface area contributed by atoms with Crippen LogP contribution in [-0.2, 0) is 9.53 Å². The van der Waals surface area contributed by atoms with Gasteiger partial charge in [-0.3, -0.25) is 9.59 Å². The summed E-state index contributed by atoms with van der Waals surface area (Å²) in [6, 6.07) is 14.2. The van der Waals surface area contributed by atoms with E-state index < -0.39 is 17.5 Å². The highest BCUT2D eigenvalue weighted by Crippen LogP contribution is 2.35. The predicted octanol–water partition coefficient (Wildman–Crippen LogP) is 4.66. The van der Waals surface area contributed by atoms with Crippen molar-refractivity contribution in [2.24, 2.45) is 0 Å². The third kappa shape index (κ3) is 4.20. The van der Waals surface area contributed by atoms with Gasteiger partial charge in [0, 0.05) is 22.4 Å². The van der Waals surface area contributed by atoms with Crippen molar-refractivity contribution in [3.8, 4) is 22.9 Å². The summed E-state index contributed by atoms with van der Waals surface area (Å²) in [6.45, 7) is 1.89. The Morgan fingerprint density at radius 2 is 1.90 bits per heavy atom. The second-order valence-electron chi connectivity index (χ2n) is 6.23. The van der Waals surface area contributed by atoms with E-state index in [0.717, 1.165) is 5.56 Å². The summed E-state index contributed by atoms with van der Waals surface area (Å²) >= 11 is 5.96. The lowest BCUT2D eigenvalue weighted by molar-refractivity contribution is -0.143. The van der Waals surface area contributed by atoms with Gasteiger partial charge in [-0.15, -0.1) is 0 Å². The van der Waals surface area contributed by atoms with E-state index in [1.54, 1.807) is 43.3 Å². The molecule has 2 aromatic carbocycles. The van der Waals surface area contributed by atoms with E-state index in [0.29, 0.717) is 21.5 Å². The smallest absolute Gasteiger partial charge is 0.306 e. The molecule has 3 rings (SSSR count). The molecular formula is C22H17ClN2O4. The zero-order chi connectivity index (χ0) is 21.0. The fraction of sp³-hybridized carbons (Fsp3) is 0.182. The Balaban J connectivity index is 2.12. The minimum Gasteiger partial charge on any atom is -0.504 e. The fourth-order valence-electron chi connectivity index (χ4n) is 3.01. The minimum atomic E-state index is -0.542. The molecule has 0 atom stereocenters. The van der Waals surface area contributed by atoms with Crippen molar-refractivity contribution in [3.63, 3.8) is 0 Å². The van der Waals surface area contributed by atoms with Crippen LogP contribution in [0.1, 0.15) is 35.8 Å². The normalized spacial score (nSPS) is 10.5. The number of para-hydroxylation sites is 1. The number of Topliss-reactive ketones (excluding diaryl/α,β-unsaturated/α-hetero) is 1. The van der Waals surface area contributed by atoms with Crippen LogP contribution in [-0.4, -0.2) is 28.4 Å². The summed E-state index contributed by atoms with van der Waals surface area (Å²) in [7, 11) is 0. The van der Waals surface area contributed by atoms with Crippen molar-refractivity contribution in [3.05, 3.63) is 58.7 Å². The molecule has 3 aromatic rings. The quantitative estimate of drug-likeness (QED) is 0.470. The molecule has 0 aliphatic rings. The highest BCUT2D eigenvalue weighted by atomic mass is 35.5. The molecule has 0 saturated carbocycles. The minimum absolute atomic E-state index is 0.0368. The maximum Gasteiger partial charge on any atom is 0.306 e. The van der Waals surface area contributed by atoms with E-state index in [1.807, 2.05) is 12.1 Å². The highest BCUT2D eigenvalue weighted by molar-refractivity contribution is 6.30. The van der Waals surface area contributed by atoms with Crippen LogP contribution in [0.15, 0.2) is 42.5 Å². The Bertz CT molecular complexity index is 1130. The van der Waals surface area contributed by atoms with E-state index in [4.69, 9.17) is 16.3 Å². The first-order valence-corrected chi connectivity index (χ1v) is 9.34. The number of esters is 1. The van der Waals surface area contributed by atoms with Crippen LogP contribution in [0.25, 0.3) is 22.0 Å². The number of ether oxygens (including phenoxy) is 1. The number of carbonyl (C=O) groups excluding carboxylic acids is 2. The molecule has 1 heterocycles. The maximum absolute atomic E-state index is 12.6. The number of benzene rings is 2. The number of hydrogen-bond donors (Lipinski definition) is 1. The van der Waals surface area contributed by atoms with Gasteiger partial charge in [-0.05, 0) is 24.6 Å². The summed E-state index contributed by atoms with van der Waals surface area (Å²) in [6.07, 6.45) is -0.314. The van der Waals surface area contributed by atoms with E-state index in [-0.39, 0.29) is 30.7 Å². The van der Waals surface area contributed by atoms with Gasteiger partial charge in [-0.25, -0.2) is 4.98 Å². The zero-order valence-corrected chi connectivity index (χ0v) is 16.4. The van der Waals surface area contributed by atoms with Crippen LogP contribution in [0.2, 0.25) is 5.02 Å². The number of pyridine rings is 1. The molecule has 0 aliphatic heterocycles. The second-order valence-corrected chi connectivity index (χ2v) is 6.67. The Labute approximate surface area is 172 Å². The Morgan fingerprint density at radius 3 is 2.55 bits per heavy atom. The van der Waals surface area contributed by atoms with Gasteiger partial charge in [-0.2, -0.15) is 5.26 Å². The van der Waals surface area contributed by atoms with Gasteiger partial charge in [0.1, 0.15) is 17.3 Å². The lowest BCUT2D eigenvalue weighted by atomic mass is 9.97. The number of nitrogens with zero attached hydrogens (tertiary/aromatic N) is 2. The van der Waals surface area contributed by atoms with E-state index in [2.05, 4.69) is 4.98 Å². The van der Waals surface area contributed by atoms with Gasteiger partial charge in [0.25, 0.3) is 0 Å². The topological polar surface area (TPSA) is 100 Å². The van der Waals surface area contributed by atoms with Crippen molar-refractivity contribution in [1.29, 1.82) is 5.26 Å². The number of nitriles is 1. The van der Waals surface area contributed by atoms with Crippen molar-refractivity contribution in [2.75, 3.05) is 6.61 Å². The van der Waals surface area contributed by atoms with Crippen LogP contribution in [0.3, 0.4) is 0 Å². The van der Waals surface area contributed by atoms with Gasteiger partial charge in [0.2, 0.25) is 0 Å². The number of rotatable bonds is 6. The average Bonchev–Trinajstić information content (AvgIpc) is 2.72. The van der Waals surface area contributed by atoms with Crippen LogP contribution in [0, 0.1) is 11.3 Å². The van der Waals surface area contributed by atoms with Gasteiger partial charge in [0.15, 0.2) is 11.5 Å². The van der Waals surface area contributed by atoms with Crippen LogP contribution in [0.5, 0.6) is 5.75 Å². The first-order valence-electron chi connectivity index (χ1n) is 8.96. The number of aromatic nitrogens is 1. The molecule has 0 saturated heterocycles. The largest absolute Gasteiger partial charge is 0.504 e. The molecule has 146 valence electrons. The average molecular weight is 409 g/mol. The predicted molar refractivity (Wildman–Crippen MR) is 109 cm³/mol. The maximum atomic E-state index is 12.6. The molecular weight excluding hydrogens is 392 g/mol. The SMILES string of the molecule is CCOC(=O)CCC(=O)c1nc2c(-c3ccc(Cl)cc3)cccc2c(C#N)c1O. The van der Waals surface area contributed by atoms with Gasteiger partial charge >= 0.3 is 5.97 Å². The molecule has 29 heavy (non-hydrogen) atoms. The Morgan fingerprint density at radius 1 is 1.17 bits per heavy atom. The van der Waals surface area contributed by atoms with E-state index in [9.17, 15) is 20.0 Å². The lowest BCUT2D eigenvalue weighted by Gasteiger charge is -2.12. The molecule has 0 fully saturated rings. The van der Waals surface area contributed by atoms with Crippen LogP contribution < -0.4 is 0 Å². The first kappa shape index (κ1) is 20.3. The monoisotopic (exact) mass is 408 g/mol. The number of carbonyl (C=O) groups is 2. The molecule has 0 radical (unpaired) electrons. The van der Waals surface area contributed by atoms with E-state index >= 15 is 0 Å². The molecule has 0 bridgehead atoms. The summed E-state index contributed by atoms with van der Waals surface area (Å²) in [5.41, 5.74) is 1.62. The fourth-order valence-corrected chi connectivity index (χ4v) is 3.14. The number of ketones is 1. The molecule has 0 unspecified atom stereocenters. The van der Waals surface area contributed by atoms with E-state index in [1.165, 1.54) is 0 Å². The summed E-state index contributed by atoms with van der Waals surface area (Å²) in [5, 5.41) is 21.1. The molecule has 1 aromatic heterocycles. The molecule has 1 N–H and O–H groups in total. The standard InChI is InChI=1S/C22H17ClN2O4/c1-2-29-19(27)11-10-18(26)21-22(28)17(12-24)16-5-3-4-15(20(16)25-21)13-6-8-14(23)9-7-13/h3-9,28H,2,10-11H2,1H3. The van der Waals surface area contributed by atoms with Crippen molar-refractivity contribution in [2.45, 2.75) is 19.8 Å². The highest BCUT2D eigenvalue weighted by Gasteiger charge is 2.22. The van der Waals surface area contributed by atoms with Gasteiger partial charge in [0.05, 0.1) is 18.5 Å². The molecule has 0 spiro atoms. The lowest BCUT2D eigenvalue weighted by Crippen LogP contribution is -2.10. The van der Waals surface area contributed by atoms with Crippen molar-refractivity contribution < 1.29 is 19.4 Å². The van der Waals surface area contributed by atoms with Crippen molar-refractivity contribution >= 4 is 34.3 Å². The van der Waals surface area contributed by atoms with Crippen molar-refractivity contribution in [1.82, 2.24) is 4.98 Å². The number of halogens is 1. The third-order valence-electron chi connectivity index (χ3n) is 4.38. The van der Waals surface area contributed by atoms with Gasteiger partial charge in [-0.1, -0.05) is 41.9 Å². The van der Waals surface area contributed by atoms with Gasteiger partial charge < -0.3 is 9.84 Å². The Hall–Kier alpha value is -3.43. The van der Waals surface area contributed by atoms with Crippen LogP contribution in [0.4, 0.5) is 0 Å². The zero-order valence-electron chi connectivity index (χ0n) is 15.6. The molecule has 7 heteroatoms. The summed E-state index contributed by atoms with van der Waals surface area (Å²) < 4.78 is 4.82. The summed E-state index contributed by atoms with van der Waals surface area (Å²) in [4.78, 5) is 28.5. The molecule has 6 nitrogen and oxygen atoms in total. The summed E-state index contributed by atoms with van der Waals surface area (Å²) in [5.74, 6) is -1.54. The number of fused-ring (bicyclic) bond motifs is 1. The van der Waals surface area contributed by atoms with Crippen LogP contribution >= 0.6 is 11.6 Å². The second kappa shape index (κ2) is 8.72. The number of hydrogen-bond acceptors (Lipinski definition) is 6. The molecule has 0 amide bonds. The first-order chi connectivity index (χ1) is 14.0. The Kier molecular flexibility index (Phi) is 6.10. The number of aromatic hydroxyl groups is 1.